The third-order valence-electron chi connectivity index (χ3n) is 5.27. The number of primary amides is 1. The smallest absolute Gasteiger partial charge is 0.296 e. The molecule has 14 nitrogen and oxygen atoms in total. The molecule has 0 aliphatic rings. The van der Waals surface area contributed by atoms with Crippen LogP contribution in [0.15, 0.2) is 67.3 Å². The maximum absolute atomic E-state index is 12.9. The monoisotopic (exact) mass is 551 g/mol. The third kappa shape index (κ3) is 6.00. The van der Waals surface area contributed by atoms with E-state index in [2.05, 4.69) is 10.2 Å². The Bertz CT molecular complexity index is 1700. The van der Waals surface area contributed by atoms with Crippen molar-refractivity contribution in [3.63, 3.8) is 0 Å². The molecule has 0 bridgehead atoms. The summed E-state index contributed by atoms with van der Waals surface area (Å²) in [6, 6.07) is 8.36. The molecule has 2 aromatic carbocycles. The Kier molecular flexibility index (Phi) is 7.49. The number of aryl methyl sites for hydroxylation is 1. The molecule has 196 valence electrons. The molecule has 0 saturated heterocycles. The maximum Gasteiger partial charge on any atom is 0.296 e. The largest absolute Gasteiger partial charge is 0.493 e. The van der Waals surface area contributed by atoms with Crippen molar-refractivity contribution >= 4 is 43.2 Å². The zero-order chi connectivity index (χ0) is 27.7. The average Bonchev–Trinajstić information content (AvgIpc) is 2.77. The number of aromatic hydroxyl groups is 1. The highest BCUT2D eigenvalue weighted by atomic mass is 32.2. The van der Waals surface area contributed by atoms with Gasteiger partial charge in [-0.2, -0.15) is 16.8 Å². The van der Waals surface area contributed by atoms with Gasteiger partial charge in [0.2, 0.25) is 5.88 Å². The molecule has 16 heteroatoms. The molecule has 37 heavy (non-hydrogen) atoms. The zero-order valence-electron chi connectivity index (χ0n) is 19.1. The van der Waals surface area contributed by atoms with E-state index in [0.717, 1.165) is 28.8 Å². The molecule has 0 aliphatic heterocycles. The highest BCUT2D eigenvalue weighted by molar-refractivity contribution is 7.86. The first-order valence-corrected chi connectivity index (χ1v) is 13.1. The van der Waals surface area contributed by atoms with Gasteiger partial charge in [-0.1, -0.05) is 12.1 Å². The predicted molar refractivity (Wildman–Crippen MR) is 130 cm³/mol. The number of nitrogens with two attached hydrogens (primary N) is 2. The first-order valence-electron chi connectivity index (χ1n) is 10.2. The molecule has 1 aromatic heterocycles. The average molecular weight is 552 g/mol. The number of carbonyl (C=O) groups is 1. The van der Waals surface area contributed by atoms with Crippen LogP contribution in [-0.2, 0) is 33.2 Å². The normalized spacial score (nSPS) is 12.2. The van der Waals surface area contributed by atoms with E-state index in [1.165, 1.54) is 25.1 Å². The highest BCUT2D eigenvalue weighted by Crippen LogP contribution is 2.34. The van der Waals surface area contributed by atoms with E-state index in [9.17, 15) is 36.1 Å². The molecule has 0 radical (unpaired) electrons. The van der Waals surface area contributed by atoms with Gasteiger partial charge in [0.05, 0.1) is 4.90 Å². The number of hydrogen-bond donors (Lipinski definition) is 5. The number of rotatable bonds is 8. The van der Waals surface area contributed by atoms with Gasteiger partial charge in [-0.15, -0.1) is 10.2 Å². The summed E-state index contributed by atoms with van der Waals surface area (Å²) in [5, 5.41) is 18.4. The lowest BCUT2D eigenvalue weighted by atomic mass is 10.1. The Balaban J connectivity index is 2.09. The van der Waals surface area contributed by atoms with E-state index in [1.54, 1.807) is 0 Å². The summed E-state index contributed by atoms with van der Waals surface area (Å²) in [6.45, 7) is 1.06. The summed E-state index contributed by atoms with van der Waals surface area (Å²) < 4.78 is 65.0. The molecule has 0 atom stereocenters. The molecule has 1 amide bonds. The molecule has 0 unspecified atom stereocenters. The van der Waals surface area contributed by atoms with Crippen LogP contribution in [0, 0.1) is 6.92 Å². The second kappa shape index (κ2) is 10.1. The van der Waals surface area contributed by atoms with Crippen molar-refractivity contribution in [3.8, 4) is 5.88 Å². The molecular weight excluding hydrogens is 530 g/mol. The van der Waals surface area contributed by atoms with Crippen molar-refractivity contribution in [1.82, 2.24) is 4.57 Å². The minimum atomic E-state index is -4.72. The third-order valence-corrected chi connectivity index (χ3v) is 7.04. The van der Waals surface area contributed by atoms with Gasteiger partial charge in [0.25, 0.3) is 31.7 Å². The highest BCUT2D eigenvalue weighted by Gasteiger charge is 2.23. The number of hydrogen-bond acceptors (Lipinski definition) is 10. The second-order valence-electron chi connectivity index (χ2n) is 7.76. The summed E-state index contributed by atoms with van der Waals surface area (Å²) in [5.41, 5.74) is 9.29. The van der Waals surface area contributed by atoms with Crippen LogP contribution in [0.1, 0.15) is 21.5 Å². The Hall–Kier alpha value is -4.12. The molecule has 7 N–H and O–H groups in total. The topological polar surface area (TPSA) is 245 Å². The molecule has 3 rings (SSSR count). The van der Waals surface area contributed by atoms with Crippen LogP contribution < -0.4 is 17.0 Å². The van der Waals surface area contributed by atoms with Crippen LogP contribution in [-0.4, -0.2) is 41.5 Å². The van der Waals surface area contributed by atoms with E-state index >= 15 is 0 Å². The number of amides is 1. The Labute approximate surface area is 210 Å². The number of nitrogen functional groups attached to an aromatic ring is 1. The Morgan fingerprint density at radius 3 is 2.16 bits per heavy atom. The SMILES string of the molecule is Cc1c(N=Nc2cc(N)ccc2S(=O)(=O)O)c(O)n(CCc2ccc(S(=O)(=O)O)cc2)c(=O)c1C(N)=O. The van der Waals surface area contributed by atoms with E-state index in [4.69, 9.17) is 16.0 Å². The van der Waals surface area contributed by atoms with Crippen LogP contribution in [0.4, 0.5) is 17.1 Å². The van der Waals surface area contributed by atoms with Crippen molar-refractivity contribution in [3.05, 3.63) is 69.5 Å². The summed E-state index contributed by atoms with van der Waals surface area (Å²) in [5.74, 6) is -1.84. The molecule has 0 spiro atoms. The van der Waals surface area contributed by atoms with Crippen molar-refractivity contribution < 1.29 is 35.8 Å². The van der Waals surface area contributed by atoms with Gasteiger partial charge >= 0.3 is 0 Å². The van der Waals surface area contributed by atoms with Crippen molar-refractivity contribution in [2.75, 3.05) is 5.73 Å². The molecule has 0 fully saturated rings. The maximum atomic E-state index is 12.9. The fourth-order valence-corrected chi connectivity index (χ4v) is 4.51. The molecule has 0 aliphatic carbocycles. The standard InChI is InChI=1S/C21H21N5O9S2/c1-11-17(19(23)27)20(28)26(9-8-12-2-5-14(6-3-12)36(30,31)32)21(29)18(11)25-24-15-10-13(22)4-7-16(15)37(33,34)35/h2-7,10,29H,8-9,22H2,1H3,(H2,23,27)(H,30,31,32)(H,33,34,35). The summed E-state index contributed by atoms with van der Waals surface area (Å²) in [4.78, 5) is 24.0. The zero-order valence-corrected chi connectivity index (χ0v) is 20.7. The fraction of sp³-hybridized carbons (Fsp3) is 0.143. The number of azo groups is 1. The lowest BCUT2D eigenvalue weighted by molar-refractivity contribution is 0.0997. The van der Waals surface area contributed by atoms with Crippen LogP contribution in [0.5, 0.6) is 5.88 Å². The minimum absolute atomic E-state index is 0.0686. The van der Waals surface area contributed by atoms with Crippen molar-refractivity contribution in [1.29, 1.82) is 0 Å². The summed E-state index contributed by atoms with van der Waals surface area (Å²) >= 11 is 0. The number of aromatic nitrogens is 1. The van der Waals surface area contributed by atoms with E-state index in [-0.39, 0.29) is 40.5 Å². The number of nitrogens with zero attached hydrogens (tertiary/aromatic N) is 3. The van der Waals surface area contributed by atoms with Crippen LogP contribution >= 0.6 is 0 Å². The second-order valence-corrected chi connectivity index (χ2v) is 10.6. The van der Waals surface area contributed by atoms with Gasteiger partial charge in [-0.05, 0) is 49.2 Å². The van der Waals surface area contributed by atoms with Crippen LogP contribution in [0.3, 0.4) is 0 Å². The lowest BCUT2D eigenvalue weighted by Crippen LogP contribution is -2.31. The van der Waals surface area contributed by atoms with Crippen molar-refractivity contribution in [2.45, 2.75) is 29.7 Å². The quantitative estimate of drug-likeness (QED) is 0.154. The fourth-order valence-electron chi connectivity index (χ4n) is 3.43. The summed E-state index contributed by atoms with van der Waals surface area (Å²) in [7, 11) is -9.12. The van der Waals surface area contributed by atoms with Gasteiger partial charge in [0.15, 0.2) is 0 Å². The first kappa shape index (κ1) is 27.5. The number of anilines is 1. The molecule has 0 saturated carbocycles. The van der Waals surface area contributed by atoms with Gasteiger partial charge < -0.3 is 16.6 Å². The van der Waals surface area contributed by atoms with Gasteiger partial charge in [-0.3, -0.25) is 23.3 Å². The van der Waals surface area contributed by atoms with Gasteiger partial charge in [-0.25, -0.2) is 0 Å². The van der Waals surface area contributed by atoms with Crippen LogP contribution in [0.2, 0.25) is 0 Å². The van der Waals surface area contributed by atoms with Crippen molar-refractivity contribution in [2.24, 2.45) is 16.0 Å². The number of pyridine rings is 1. The molecule has 3 aromatic rings. The number of benzene rings is 2. The number of carbonyl (C=O) groups excluding carboxylic acids is 1. The first-order chi connectivity index (χ1) is 17.1. The summed E-state index contributed by atoms with van der Waals surface area (Å²) in [6.07, 6.45) is 0.0686. The predicted octanol–water partition coefficient (Wildman–Crippen LogP) is 1.69. The van der Waals surface area contributed by atoms with E-state index in [0.29, 0.717) is 5.56 Å². The minimum Gasteiger partial charge on any atom is -0.493 e. The van der Waals surface area contributed by atoms with Gasteiger partial charge in [0.1, 0.15) is 21.8 Å². The van der Waals surface area contributed by atoms with E-state index in [1.807, 2.05) is 0 Å². The Morgan fingerprint density at radius 2 is 1.62 bits per heavy atom. The Morgan fingerprint density at radius 1 is 1.00 bits per heavy atom. The molecular formula is C21H21N5O9S2. The lowest BCUT2D eigenvalue weighted by Gasteiger charge is -2.14. The van der Waals surface area contributed by atoms with E-state index < -0.39 is 48.0 Å². The molecule has 1 heterocycles. The van der Waals surface area contributed by atoms with Crippen LogP contribution in [0.25, 0.3) is 0 Å². The van der Waals surface area contributed by atoms with Gasteiger partial charge in [0, 0.05) is 17.8 Å².